The van der Waals surface area contributed by atoms with E-state index in [1.54, 1.807) is 11.3 Å². The van der Waals surface area contributed by atoms with Crippen LogP contribution in [-0.4, -0.2) is 9.97 Å². The summed E-state index contributed by atoms with van der Waals surface area (Å²) < 4.78 is 4.98. The molecule has 0 amide bonds. The second-order valence-electron chi connectivity index (χ2n) is 11.0. The second kappa shape index (κ2) is 10.2. The highest BCUT2D eigenvalue weighted by molar-refractivity contribution is 7.26. The van der Waals surface area contributed by atoms with Gasteiger partial charge in [0.05, 0.1) is 15.9 Å². The molecule has 4 heteroatoms. The van der Waals surface area contributed by atoms with Crippen LogP contribution >= 0.6 is 22.7 Å². The Balaban J connectivity index is 1.23. The van der Waals surface area contributed by atoms with Gasteiger partial charge in [-0.15, -0.1) is 22.7 Å². The molecular weight excluding hydrogens is 573 g/mol. The summed E-state index contributed by atoms with van der Waals surface area (Å²) in [6.07, 6.45) is 0. The minimum absolute atomic E-state index is 0.743. The Bertz CT molecular complexity index is 2490. The van der Waals surface area contributed by atoms with Crippen LogP contribution in [0.1, 0.15) is 0 Å². The van der Waals surface area contributed by atoms with Crippen LogP contribution in [0.25, 0.3) is 85.4 Å². The van der Waals surface area contributed by atoms with Crippen LogP contribution < -0.4 is 0 Å². The molecule has 0 bridgehead atoms. The standard InChI is InChI=1S/C40H24N2S2/c1-2-10-25(11-3-1)26-20-22-27(23-21-26)40-41-36(39-37(42-40)33-15-5-7-19-35(33)44-39)29-13-8-12-28(24-29)30-16-9-17-32-31-14-4-6-18-34(31)43-38(30)32/h1-24H. The van der Waals surface area contributed by atoms with Gasteiger partial charge in [-0.1, -0.05) is 127 Å². The first-order valence-corrected chi connectivity index (χ1v) is 16.3. The van der Waals surface area contributed by atoms with Gasteiger partial charge in [0.25, 0.3) is 0 Å². The van der Waals surface area contributed by atoms with E-state index in [2.05, 4.69) is 140 Å². The molecule has 9 aromatic rings. The maximum absolute atomic E-state index is 5.27. The van der Waals surface area contributed by atoms with E-state index in [-0.39, 0.29) is 0 Å². The van der Waals surface area contributed by atoms with Gasteiger partial charge < -0.3 is 0 Å². The maximum Gasteiger partial charge on any atom is 0.160 e. The molecule has 0 spiro atoms. The molecule has 2 nitrogen and oxygen atoms in total. The van der Waals surface area contributed by atoms with E-state index in [1.807, 2.05) is 17.4 Å². The first-order valence-electron chi connectivity index (χ1n) is 14.7. The fourth-order valence-corrected chi connectivity index (χ4v) is 8.56. The predicted octanol–water partition coefficient (Wildman–Crippen LogP) is 11.9. The Morgan fingerprint density at radius 1 is 0.386 bits per heavy atom. The van der Waals surface area contributed by atoms with Crippen LogP contribution in [0.15, 0.2) is 146 Å². The molecule has 6 aromatic carbocycles. The third-order valence-corrected chi connectivity index (χ3v) is 10.7. The molecule has 3 heterocycles. The van der Waals surface area contributed by atoms with Gasteiger partial charge in [-0.05, 0) is 40.5 Å². The lowest BCUT2D eigenvalue weighted by Crippen LogP contribution is -1.94. The summed E-state index contributed by atoms with van der Waals surface area (Å²) in [5.41, 5.74) is 8.92. The van der Waals surface area contributed by atoms with Crippen LogP contribution in [0.2, 0.25) is 0 Å². The molecule has 0 unspecified atom stereocenters. The molecule has 0 N–H and O–H groups in total. The lowest BCUT2D eigenvalue weighted by Gasteiger charge is -2.10. The average molecular weight is 597 g/mol. The zero-order chi connectivity index (χ0) is 29.0. The van der Waals surface area contributed by atoms with Crippen molar-refractivity contribution >= 4 is 63.1 Å². The van der Waals surface area contributed by atoms with E-state index in [1.165, 1.54) is 52.5 Å². The Kier molecular flexibility index (Phi) is 5.90. The molecule has 0 radical (unpaired) electrons. The smallest absolute Gasteiger partial charge is 0.160 e. The summed E-state index contributed by atoms with van der Waals surface area (Å²) >= 11 is 3.64. The van der Waals surface area contributed by atoms with Crippen LogP contribution in [0.3, 0.4) is 0 Å². The topological polar surface area (TPSA) is 25.8 Å². The second-order valence-corrected chi connectivity index (χ2v) is 13.1. The van der Waals surface area contributed by atoms with Crippen LogP contribution in [0.5, 0.6) is 0 Å². The van der Waals surface area contributed by atoms with Crippen molar-refractivity contribution in [1.29, 1.82) is 0 Å². The number of hydrogen-bond donors (Lipinski definition) is 0. The van der Waals surface area contributed by atoms with E-state index < -0.39 is 0 Å². The SMILES string of the molecule is c1ccc(-c2ccc(-c3nc(-c4cccc(-c5cccc6c5sc5ccccc56)c4)c4sc5ccccc5c4n3)cc2)cc1. The zero-order valence-electron chi connectivity index (χ0n) is 23.6. The lowest BCUT2D eigenvalue weighted by molar-refractivity contribution is 1.24. The van der Waals surface area contributed by atoms with Crippen molar-refractivity contribution in [3.05, 3.63) is 146 Å². The molecule has 0 fully saturated rings. The van der Waals surface area contributed by atoms with Crippen molar-refractivity contribution in [1.82, 2.24) is 9.97 Å². The van der Waals surface area contributed by atoms with Crippen molar-refractivity contribution in [2.75, 3.05) is 0 Å². The normalized spacial score (nSPS) is 11.6. The molecule has 9 rings (SSSR count). The van der Waals surface area contributed by atoms with Crippen molar-refractivity contribution in [3.8, 4) is 44.9 Å². The van der Waals surface area contributed by atoms with Crippen molar-refractivity contribution in [3.63, 3.8) is 0 Å². The summed E-state index contributed by atoms with van der Waals surface area (Å²) in [5, 5.41) is 3.80. The first kappa shape index (κ1) is 25.3. The molecule has 0 saturated heterocycles. The van der Waals surface area contributed by atoms with Crippen LogP contribution in [-0.2, 0) is 0 Å². The number of nitrogens with zero attached hydrogens (tertiary/aromatic N) is 2. The number of fused-ring (bicyclic) bond motifs is 6. The maximum atomic E-state index is 5.27. The Morgan fingerprint density at radius 2 is 0.977 bits per heavy atom. The van der Waals surface area contributed by atoms with Crippen molar-refractivity contribution in [2.24, 2.45) is 0 Å². The fraction of sp³-hybridized carbons (Fsp3) is 0. The third kappa shape index (κ3) is 4.15. The minimum atomic E-state index is 0.743. The molecule has 0 aliphatic carbocycles. The average Bonchev–Trinajstić information content (AvgIpc) is 3.67. The Labute approximate surface area is 262 Å². The number of benzene rings is 6. The minimum Gasteiger partial charge on any atom is -0.226 e. The van der Waals surface area contributed by atoms with Gasteiger partial charge in [0.15, 0.2) is 5.82 Å². The molecule has 44 heavy (non-hydrogen) atoms. The van der Waals surface area contributed by atoms with Crippen molar-refractivity contribution < 1.29 is 0 Å². The third-order valence-electron chi connectivity index (χ3n) is 8.32. The van der Waals surface area contributed by atoms with Gasteiger partial charge in [0, 0.05) is 41.4 Å². The van der Waals surface area contributed by atoms with E-state index in [9.17, 15) is 0 Å². The van der Waals surface area contributed by atoms with Gasteiger partial charge in [0.1, 0.15) is 0 Å². The zero-order valence-corrected chi connectivity index (χ0v) is 25.2. The largest absolute Gasteiger partial charge is 0.226 e. The monoisotopic (exact) mass is 596 g/mol. The highest BCUT2D eigenvalue weighted by Gasteiger charge is 2.18. The summed E-state index contributed by atoms with van der Waals surface area (Å²) in [6.45, 7) is 0. The molecule has 0 aliphatic rings. The van der Waals surface area contributed by atoms with Gasteiger partial charge >= 0.3 is 0 Å². The van der Waals surface area contributed by atoms with Crippen molar-refractivity contribution in [2.45, 2.75) is 0 Å². The summed E-state index contributed by atoms with van der Waals surface area (Å²) in [6, 6.07) is 51.8. The summed E-state index contributed by atoms with van der Waals surface area (Å²) in [7, 11) is 0. The van der Waals surface area contributed by atoms with E-state index in [4.69, 9.17) is 9.97 Å². The number of thiophene rings is 2. The quantitative estimate of drug-likeness (QED) is 0.202. The number of aromatic nitrogens is 2. The van der Waals surface area contributed by atoms with Gasteiger partial charge in [0.2, 0.25) is 0 Å². The molecule has 206 valence electrons. The summed E-state index contributed by atoms with van der Waals surface area (Å²) in [5.74, 6) is 0.743. The van der Waals surface area contributed by atoms with Crippen LogP contribution in [0.4, 0.5) is 0 Å². The molecule has 0 aliphatic heterocycles. The van der Waals surface area contributed by atoms with Gasteiger partial charge in [-0.25, -0.2) is 9.97 Å². The van der Waals surface area contributed by atoms with Gasteiger partial charge in [-0.3, -0.25) is 0 Å². The van der Waals surface area contributed by atoms with E-state index in [0.29, 0.717) is 0 Å². The Morgan fingerprint density at radius 3 is 1.82 bits per heavy atom. The van der Waals surface area contributed by atoms with E-state index >= 15 is 0 Å². The highest BCUT2D eigenvalue weighted by atomic mass is 32.1. The number of hydrogen-bond acceptors (Lipinski definition) is 4. The molecule has 0 atom stereocenters. The number of rotatable bonds is 4. The van der Waals surface area contributed by atoms with Crippen LogP contribution in [0, 0.1) is 0 Å². The predicted molar refractivity (Wildman–Crippen MR) is 190 cm³/mol. The van der Waals surface area contributed by atoms with Gasteiger partial charge in [-0.2, -0.15) is 0 Å². The Hall–Kier alpha value is -5.16. The van der Waals surface area contributed by atoms with E-state index in [0.717, 1.165) is 32.9 Å². The summed E-state index contributed by atoms with van der Waals surface area (Å²) in [4.78, 5) is 10.4. The molecular formula is C40H24N2S2. The highest BCUT2D eigenvalue weighted by Crippen LogP contribution is 2.43. The molecule has 3 aromatic heterocycles. The molecule has 0 saturated carbocycles. The lowest BCUT2D eigenvalue weighted by atomic mass is 9.99. The fourth-order valence-electron chi connectivity index (χ4n) is 6.17. The first-order chi connectivity index (χ1) is 21.8.